The molecule has 2 saturated heterocycles. The average Bonchev–Trinajstić information content (AvgIpc) is 3.31. The monoisotopic (exact) mass is 329 g/mol. The Bertz CT molecular complexity index is 663. The van der Waals surface area contributed by atoms with Gasteiger partial charge in [0, 0.05) is 25.7 Å². The fourth-order valence-corrected chi connectivity index (χ4v) is 4.39. The summed E-state index contributed by atoms with van der Waals surface area (Å²) in [4.78, 5) is 27.6. The average molecular weight is 329 g/mol. The van der Waals surface area contributed by atoms with Gasteiger partial charge in [0.25, 0.3) is 0 Å². The van der Waals surface area contributed by atoms with Gasteiger partial charge in [-0.3, -0.25) is 4.79 Å². The molecule has 4 rings (SSSR count). The van der Waals surface area contributed by atoms with Crippen molar-refractivity contribution in [2.75, 3.05) is 29.9 Å². The summed E-state index contributed by atoms with van der Waals surface area (Å²) < 4.78 is 0. The van der Waals surface area contributed by atoms with E-state index in [1.807, 2.05) is 18.2 Å². The molecule has 128 valence electrons. The van der Waals surface area contributed by atoms with E-state index in [4.69, 9.17) is 5.11 Å². The van der Waals surface area contributed by atoms with E-state index in [0.717, 1.165) is 23.8 Å². The van der Waals surface area contributed by atoms with E-state index in [-0.39, 0.29) is 12.6 Å². The fourth-order valence-electron chi connectivity index (χ4n) is 4.39. The molecule has 3 fully saturated rings. The highest BCUT2D eigenvalue weighted by molar-refractivity contribution is 5.94. The van der Waals surface area contributed by atoms with E-state index in [1.54, 1.807) is 4.90 Å². The number of anilines is 2. The predicted octanol–water partition coefficient (Wildman–Crippen LogP) is 2.61. The molecule has 1 saturated carbocycles. The normalized spacial score (nSPS) is 28.4. The Hall–Kier alpha value is -2.24. The molecular weight excluding hydrogens is 306 g/mol. The maximum atomic E-state index is 12.5. The second-order valence-corrected chi connectivity index (χ2v) is 7.20. The van der Waals surface area contributed by atoms with Crippen molar-refractivity contribution in [1.82, 2.24) is 4.90 Å². The van der Waals surface area contributed by atoms with Gasteiger partial charge in [-0.15, -0.1) is 0 Å². The zero-order chi connectivity index (χ0) is 16.7. The third kappa shape index (κ3) is 2.70. The van der Waals surface area contributed by atoms with Gasteiger partial charge in [-0.25, -0.2) is 4.79 Å². The first-order valence-electron chi connectivity index (χ1n) is 8.76. The van der Waals surface area contributed by atoms with Gasteiger partial charge >= 0.3 is 12.0 Å². The standard InChI is InChI=1S/C18H23N3O3/c22-17(23)13-7-8-20(11-13)18(24)19-15-3-1-2-4-16(15)21-10-12-5-6-14(21)9-12/h1-4,12-14H,5-11H2,(H,19,24)(H,22,23). The number of carboxylic acids is 1. The first-order valence-corrected chi connectivity index (χ1v) is 8.76. The molecule has 0 radical (unpaired) electrons. The number of likely N-dealkylation sites (tertiary alicyclic amines) is 1. The number of carbonyl (C=O) groups is 2. The van der Waals surface area contributed by atoms with Crippen LogP contribution in [-0.4, -0.2) is 47.7 Å². The van der Waals surface area contributed by atoms with Crippen molar-refractivity contribution >= 4 is 23.4 Å². The summed E-state index contributed by atoms with van der Waals surface area (Å²) in [7, 11) is 0. The number of hydrogen-bond acceptors (Lipinski definition) is 3. The zero-order valence-electron chi connectivity index (χ0n) is 13.6. The van der Waals surface area contributed by atoms with E-state index in [9.17, 15) is 9.59 Å². The van der Waals surface area contributed by atoms with Gasteiger partial charge < -0.3 is 20.2 Å². The first-order chi connectivity index (χ1) is 11.6. The van der Waals surface area contributed by atoms with Crippen molar-refractivity contribution in [1.29, 1.82) is 0 Å². The van der Waals surface area contributed by atoms with Gasteiger partial charge in [0.2, 0.25) is 0 Å². The lowest BCUT2D eigenvalue weighted by molar-refractivity contribution is -0.141. The number of rotatable bonds is 3. The largest absolute Gasteiger partial charge is 0.481 e. The molecule has 6 nitrogen and oxygen atoms in total. The number of fused-ring (bicyclic) bond motifs is 2. The van der Waals surface area contributed by atoms with Gasteiger partial charge in [-0.2, -0.15) is 0 Å². The van der Waals surface area contributed by atoms with Crippen molar-refractivity contribution < 1.29 is 14.7 Å². The molecule has 1 aromatic carbocycles. The molecule has 2 N–H and O–H groups in total. The Balaban J connectivity index is 1.47. The molecule has 6 heteroatoms. The maximum Gasteiger partial charge on any atom is 0.321 e. The second kappa shape index (κ2) is 6.00. The number of nitrogens with one attached hydrogen (secondary N) is 1. The van der Waals surface area contributed by atoms with E-state index in [1.165, 1.54) is 19.3 Å². The van der Waals surface area contributed by atoms with Gasteiger partial charge in [-0.1, -0.05) is 12.1 Å². The van der Waals surface area contributed by atoms with Crippen molar-refractivity contribution in [2.24, 2.45) is 11.8 Å². The van der Waals surface area contributed by atoms with Gasteiger partial charge in [0.1, 0.15) is 0 Å². The molecule has 2 amide bonds. The topological polar surface area (TPSA) is 72.9 Å². The van der Waals surface area contributed by atoms with Crippen LogP contribution in [0.25, 0.3) is 0 Å². The fraction of sp³-hybridized carbons (Fsp3) is 0.556. The maximum absolute atomic E-state index is 12.5. The molecule has 0 aromatic heterocycles. The predicted molar refractivity (Wildman–Crippen MR) is 91.3 cm³/mol. The minimum absolute atomic E-state index is 0.199. The third-order valence-corrected chi connectivity index (χ3v) is 5.69. The number of carboxylic acid groups (broad SMARTS) is 1. The minimum Gasteiger partial charge on any atom is -0.481 e. The summed E-state index contributed by atoms with van der Waals surface area (Å²) in [6, 6.07) is 8.33. The van der Waals surface area contributed by atoms with Crippen LogP contribution in [-0.2, 0) is 4.79 Å². The molecule has 24 heavy (non-hydrogen) atoms. The summed E-state index contributed by atoms with van der Waals surface area (Å²) in [5.41, 5.74) is 1.92. The highest BCUT2D eigenvalue weighted by Crippen LogP contribution is 2.42. The molecule has 3 aliphatic rings. The van der Waals surface area contributed by atoms with E-state index < -0.39 is 11.9 Å². The molecule has 3 atom stereocenters. The lowest BCUT2D eigenvalue weighted by atomic mass is 10.1. The van der Waals surface area contributed by atoms with Crippen LogP contribution in [0.15, 0.2) is 24.3 Å². The Kier molecular flexibility index (Phi) is 3.82. The summed E-state index contributed by atoms with van der Waals surface area (Å²) in [6.45, 7) is 1.86. The molecule has 1 aromatic rings. The van der Waals surface area contributed by atoms with Crippen molar-refractivity contribution in [2.45, 2.75) is 31.7 Å². The summed E-state index contributed by atoms with van der Waals surface area (Å²) in [6.07, 6.45) is 4.34. The van der Waals surface area contributed by atoms with Crippen molar-refractivity contribution in [3.63, 3.8) is 0 Å². The van der Waals surface area contributed by atoms with Crippen molar-refractivity contribution in [3.8, 4) is 0 Å². The Morgan fingerprint density at radius 2 is 1.96 bits per heavy atom. The zero-order valence-corrected chi connectivity index (χ0v) is 13.6. The third-order valence-electron chi connectivity index (χ3n) is 5.69. The van der Waals surface area contributed by atoms with Crippen LogP contribution in [0.5, 0.6) is 0 Å². The van der Waals surface area contributed by atoms with E-state index in [0.29, 0.717) is 19.0 Å². The van der Waals surface area contributed by atoms with Gasteiger partial charge in [-0.05, 0) is 43.7 Å². The lowest BCUT2D eigenvalue weighted by Gasteiger charge is -2.31. The highest BCUT2D eigenvalue weighted by atomic mass is 16.4. The van der Waals surface area contributed by atoms with Crippen LogP contribution in [0.4, 0.5) is 16.2 Å². The molecule has 2 heterocycles. The Morgan fingerprint density at radius 1 is 1.12 bits per heavy atom. The van der Waals surface area contributed by atoms with Crippen LogP contribution < -0.4 is 10.2 Å². The molecule has 0 spiro atoms. The van der Waals surface area contributed by atoms with Crippen LogP contribution in [0.1, 0.15) is 25.7 Å². The number of para-hydroxylation sites is 2. The number of piperidine rings is 1. The number of amides is 2. The first kappa shape index (κ1) is 15.3. The smallest absolute Gasteiger partial charge is 0.321 e. The summed E-state index contributed by atoms with van der Waals surface area (Å²) in [5, 5.41) is 12.1. The number of hydrogen-bond donors (Lipinski definition) is 2. The Labute approximate surface area is 141 Å². The van der Waals surface area contributed by atoms with Crippen LogP contribution in [0.3, 0.4) is 0 Å². The molecule has 1 aliphatic carbocycles. The van der Waals surface area contributed by atoms with Crippen molar-refractivity contribution in [3.05, 3.63) is 24.3 Å². The molecule has 2 bridgehead atoms. The number of nitrogens with zero attached hydrogens (tertiary/aromatic N) is 2. The number of aliphatic carboxylic acids is 1. The Morgan fingerprint density at radius 3 is 2.62 bits per heavy atom. The van der Waals surface area contributed by atoms with Gasteiger partial charge in [0.05, 0.1) is 17.3 Å². The van der Waals surface area contributed by atoms with Crippen LogP contribution in [0, 0.1) is 11.8 Å². The number of carbonyl (C=O) groups excluding carboxylic acids is 1. The van der Waals surface area contributed by atoms with Crippen LogP contribution >= 0.6 is 0 Å². The molecule has 2 aliphatic heterocycles. The van der Waals surface area contributed by atoms with Crippen LogP contribution in [0.2, 0.25) is 0 Å². The number of benzene rings is 1. The summed E-state index contributed by atoms with van der Waals surface area (Å²) in [5.74, 6) is -0.479. The summed E-state index contributed by atoms with van der Waals surface area (Å²) >= 11 is 0. The lowest BCUT2D eigenvalue weighted by Crippen LogP contribution is -2.36. The quantitative estimate of drug-likeness (QED) is 0.894. The second-order valence-electron chi connectivity index (χ2n) is 7.20. The van der Waals surface area contributed by atoms with E-state index >= 15 is 0 Å². The number of urea groups is 1. The molecule has 3 unspecified atom stereocenters. The SMILES string of the molecule is O=C(O)C1CCN(C(=O)Nc2ccccc2N2CC3CCC2C3)C1. The molecular formula is C18H23N3O3. The highest BCUT2D eigenvalue weighted by Gasteiger charge is 2.38. The minimum atomic E-state index is -0.821. The van der Waals surface area contributed by atoms with Gasteiger partial charge in [0.15, 0.2) is 0 Å². The van der Waals surface area contributed by atoms with E-state index in [2.05, 4.69) is 16.3 Å².